The zero-order valence-electron chi connectivity index (χ0n) is 10.7. The molecule has 1 amide bonds. The molecule has 2 atom stereocenters. The van der Waals surface area contributed by atoms with E-state index < -0.39 is 0 Å². The smallest absolute Gasteiger partial charge is 0.254 e. The number of benzene rings is 1. The molecule has 1 N–H and O–H groups in total. The molecular formula is C14H16N2O3. The second-order valence-electron chi connectivity index (χ2n) is 4.58. The molecule has 0 saturated carbocycles. The first-order valence-electron chi connectivity index (χ1n) is 6.14. The number of likely N-dealkylation sites (tertiary alicyclic amines) is 1. The summed E-state index contributed by atoms with van der Waals surface area (Å²) in [5, 5.41) is 18.2. The molecule has 0 bridgehead atoms. The van der Waals surface area contributed by atoms with E-state index in [1.54, 1.807) is 36.3 Å². The largest absolute Gasteiger partial charge is 0.394 e. The molecule has 1 aromatic carbocycles. The fourth-order valence-corrected chi connectivity index (χ4v) is 2.35. The number of nitrogens with zero attached hydrogens (tertiary/aromatic N) is 2. The third-order valence-electron chi connectivity index (χ3n) is 3.42. The fraction of sp³-hybridized carbons (Fsp3) is 0.429. The summed E-state index contributed by atoms with van der Waals surface area (Å²) in [6.07, 6.45) is 0.594. The maximum absolute atomic E-state index is 12.4. The van der Waals surface area contributed by atoms with Gasteiger partial charge in [-0.2, -0.15) is 5.26 Å². The minimum absolute atomic E-state index is 0.0414. The first-order chi connectivity index (χ1) is 9.19. The van der Waals surface area contributed by atoms with Crippen molar-refractivity contribution >= 4 is 5.91 Å². The van der Waals surface area contributed by atoms with Gasteiger partial charge < -0.3 is 14.7 Å². The third kappa shape index (κ3) is 2.75. The van der Waals surface area contributed by atoms with E-state index in [4.69, 9.17) is 10.00 Å². The van der Waals surface area contributed by atoms with E-state index in [1.807, 2.05) is 6.07 Å². The van der Waals surface area contributed by atoms with Crippen molar-refractivity contribution in [2.45, 2.75) is 18.6 Å². The predicted octanol–water partition coefficient (Wildman–Crippen LogP) is 0.780. The minimum atomic E-state index is -0.219. The Kier molecular flexibility index (Phi) is 4.15. The number of amides is 1. The molecule has 0 spiro atoms. The number of nitriles is 1. The number of hydrogen-bond acceptors (Lipinski definition) is 4. The predicted molar refractivity (Wildman–Crippen MR) is 68.5 cm³/mol. The SMILES string of the molecule is CO[C@H]1C[C@@H](CO)N(C(=O)c2cccc(C#N)c2)C1. The molecule has 1 aromatic rings. The highest BCUT2D eigenvalue weighted by Crippen LogP contribution is 2.22. The van der Waals surface area contributed by atoms with Crippen LogP contribution in [-0.2, 0) is 4.74 Å². The fourth-order valence-electron chi connectivity index (χ4n) is 2.35. The molecule has 1 aliphatic rings. The van der Waals surface area contributed by atoms with Gasteiger partial charge >= 0.3 is 0 Å². The lowest BCUT2D eigenvalue weighted by Gasteiger charge is -2.22. The van der Waals surface area contributed by atoms with Crippen molar-refractivity contribution in [2.24, 2.45) is 0 Å². The van der Waals surface area contributed by atoms with Gasteiger partial charge in [0.05, 0.1) is 30.4 Å². The van der Waals surface area contributed by atoms with Gasteiger partial charge in [-0.05, 0) is 24.6 Å². The van der Waals surface area contributed by atoms with Gasteiger partial charge in [0.15, 0.2) is 0 Å². The molecule has 1 fully saturated rings. The van der Waals surface area contributed by atoms with Crippen LogP contribution in [0.4, 0.5) is 0 Å². The van der Waals surface area contributed by atoms with Crippen LogP contribution in [0.5, 0.6) is 0 Å². The maximum Gasteiger partial charge on any atom is 0.254 e. The Bertz CT molecular complexity index is 510. The van der Waals surface area contributed by atoms with Crippen LogP contribution in [0.15, 0.2) is 24.3 Å². The number of methoxy groups -OCH3 is 1. The highest BCUT2D eigenvalue weighted by molar-refractivity contribution is 5.95. The average Bonchev–Trinajstić information content (AvgIpc) is 2.89. The molecule has 5 nitrogen and oxygen atoms in total. The van der Waals surface area contributed by atoms with Crippen LogP contribution in [-0.4, -0.2) is 48.3 Å². The van der Waals surface area contributed by atoms with Crippen molar-refractivity contribution in [1.29, 1.82) is 5.26 Å². The molecule has 0 aromatic heterocycles. The van der Waals surface area contributed by atoms with Crippen molar-refractivity contribution in [3.05, 3.63) is 35.4 Å². The monoisotopic (exact) mass is 260 g/mol. The van der Waals surface area contributed by atoms with Gasteiger partial charge in [-0.3, -0.25) is 4.79 Å². The second-order valence-corrected chi connectivity index (χ2v) is 4.58. The van der Waals surface area contributed by atoms with Crippen LogP contribution in [0.3, 0.4) is 0 Å². The summed E-state index contributed by atoms with van der Waals surface area (Å²) in [7, 11) is 1.60. The maximum atomic E-state index is 12.4. The topological polar surface area (TPSA) is 73.6 Å². The Morgan fingerprint density at radius 1 is 1.63 bits per heavy atom. The quantitative estimate of drug-likeness (QED) is 0.871. The second kappa shape index (κ2) is 5.83. The lowest BCUT2D eigenvalue weighted by molar-refractivity contribution is 0.0648. The van der Waals surface area contributed by atoms with Gasteiger partial charge in [0.25, 0.3) is 5.91 Å². The van der Waals surface area contributed by atoms with Crippen LogP contribution in [0, 0.1) is 11.3 Å². The van der Waals surface area contributed by atoms with E-state index in [2.05, 4.69) is 0 Å². The molecular weight excluding hydrogens is 244 g/mol. The summed E-state index contributed by atoms with van der Waals surface area (Å²) in [4.78, 5) is 14.0. The van der Waals surface area contributed by atoms with Crippen LogP contribution in [0.1, 0.15) is 22.3 Å². The van der Waals surface area contributed by atoms with E-state index >= 15 is 0 Å². The van der Waals surface area contributed by atoms with Crippen LogP contribution in [0.25, 0.3) is 0 Å². The Labute approximate surface area is 112 Å². The van der Waals surface area contributed by atoms with E-state index in [9.17, 15) is 9.90 Å². The van der Waals surface area contributed by atoms with Crippen molar-refractivity contribution in [3.63, 3.8) is 0 Å². The van der Waals surface area contributed by atoms with E-state index in [0.29, 0.717) is 24.1 Å². The number of carbonyl (C=O) groups excluding carboxylic acids is 1. The Morgan fingerprint density at radius 2 is 2.42 bits per heavy atom. The molecule has 100 valence electrons. The molecule has 0 aliphatic carbocycles. The third-order valence-corrected chi connectivity index (χ3v) is 3.42. The molecule has 0 unspecified atom stereocenters. The summed E-state index contributed by atoms with van der Waals surface area (Å²) < 4.78 is 5.25. The molecule has 0 radical (unpaired) electrons. The molecule has 1 aliphatic heterocycles. The number of aliphatic hydroxyl groups excluding tert-OH is 1. The van der Waals surface area contributed by atoms with Crippen molar-refractivity contribution in [3.8, 4) is 6.07 Å². The molecule has 5 heteroatoms. The standard InChI is InChI=1S/C14H16N2O3/c1-19-13-6-12(9-17)16(8-13)14(18)11-4-2-3-10(5-11)7-15/h2-5,12-13,17H,6,8-9H2,1H3/t12-,13-/m0/s1. The zero-order valence-corrected chi connectivity index (χ0v) is 10.7. The van der Waals surface area contributed by atoms with Gasteiger partial charge in [0.1, 0.15) is 0 Å². The van der Waals surface area contributed by atoms with Gasteiger partial charge in [0.2, 0.25) is 0 Å². The molecule has 19 heavy (non-hydrogen) atoms. The van der Waals surface area contributed by atoms with Gasteiger partial charge in [-0.25, -0.2) is 0 Å². The van der Waals surface area contributed by atoms with E-state index in [-0.39, 0.29) is 24.7 Å². The molecule has 2 rings (SSSR count). The summed E-state index contributed by atoms with van der Waals surface area (Å²) in [5.41, 5.74) is 0.920. The number of aliphatic hydroxyl groups is 1. The Balaban J connectivity index is 2.21. The van der Waals surface area contributed by atoms with Gasteiger partial charge in [0, 0.05) is 19.2 Å². The zero-order chi connectivity index (χ0) is 13.8. The number of hydrogen-bond donors (Lipinski definition) is 1. The van der Waals surface area contributed by atoms with E-state index in [0.717, 1.165) is 0 Å². The van der Waals surface area contributed by atoms with E-state index in [1.165, 1.54) is 0 Å². The number of ether oxygens (including phenoxy) is 1. The van der Waals surface area contributed by atoms with Crippen molar-refractivity contribution < 1.29 is 14.6 Å². The number of rotatable bonds is 3. The van der Waals surface area contributed by atoms with Crippen LogP contribution < -0.4 is 0 Å². The Hall–Kier alpha value is -1.90. The van der Waals surface area contributed by atoms with Crippen LogP contribution >= 0.6 is 0 Å². The van der Waals surface area contributed by atoms with Gasteiger partial charge in [-0.15, -0.1) is 0 Å². The van der Waals surface area contributed by atoms with Crippen LogP contribution in [0.2, 0.25) is 0 Å². The first-order valence-corrected chi connectivity index (χ1v) is 6.14. The van der Waals surface area contributed by atoms with Crippen molar-refractivity contribution in [1.82, 2.24) is 4.90 Å². The normalized spacial score (nSPS) is 22.3. The highest BCUT2D eigenvalue weighted by Gasteiger charge is 2.35. The summed E-state index contributed by atoms with van der Waals surface area (Å²) in [6, 6.07) is 8.38. The van der Waals surface area contributed by atoms with Crippen molar-refractivity contribution in [2.75, 3.05) is 20.3 Å². The first kappa shape index (κ1) is 13.5. The Morgan fingerprint density at radius 3 is 3.05 bits per heavy atom. The summed E-state index contributed by atoms with van der Waals surface area (Å²) in [6.45, 7) is 0.390. The minimum Gasteiger partial charge on any atom is -0.394 e. The molecule has 1 heterocycles. The summed E-state index contributed by atoms with van der Waals surface area (Å²) >= 11 is 0. The highest BCUT2D eigenvalue weighted by atomic mass is 16.5. The lowest BCUT2D eigenvalue weighted by Crippen LogP contribution is -2.38. The molecule has 1 saturated heterocycles. The van der Waals surface area contributed by atoms with Gasteiger partial charge in [-0.1, -0.05) is 6.07 Å². The average molecular weight is 260 g/mol. The lowest BCUT2D eigenvalue weighted by atomic mass is 10.1. The number of carbonyl (C=O) groups is 1. The summed E-state index contributed by atoms with van der Waals surface area (Å²) in [5.74, 6) is -0.171.